The van der Waals surface area contributed by atoms with Gasteiger partial charge in [0.05, 0.1) is 18.0 Å². The molecule has 1 amide bonds. The zero-order valence-electron chi connectivity index (χ0n) is 15.2. The fourth-order valence-corrected chi connectivity index (χ4v) is 4.11. The number of rotatable bonds is 7. The van der Waals surface area contributed by atoms with Crippen LogP contribution in [0.3, 0.4) is 0 Å². The van der Waals surface area contributed by atoms with Crippen molar-refractivity contribution in [2.24, 2.45) is 0 Å². The minimum atomic E-state index is -1.64. The van der Waals surface area contributed by atoms with E-state index in [2.05, 4.69) is 20.8 Å². The highest BCUT2D eigenvalue weighted by atomic mass is 32.2. The van der Waals surface area contributed by atoms with Crippen molar-refractivity contribution >= 4 is 45.5 Å². The summed E-state index contributed by atoms with van der Waals surface area (Å²) in [5, 5.41) is 13.2. The Morgan fingerprint density at radius 3 is 2.72 bits per heavy atom. The van der Waals surface area contributed by atoms with E-state index in [1.807, 2.05) is 18.2 Å². The van der Waals surface area contributed by atoms with Crippen LogP contribution in [0.15, 0.2) is 40.7 Å². The van der Waals surface area contributed by atoms with E-state index in [9.17, 15) is 18.0 Å². The second-order valence-electron chi connectivity index (χ2n) is 5.70. The Morgan fingerprint density at radius 2 is 1.97 bits per heavy atom. The monoisotopic (exact) mass is 440 g/mol. The molecule has 152 valence electrons. The van der Waals surface area contributed by atoms with Gasteiger partial charge in [-0.25, -0.2) is 13.2 Å². The summed E-state index contributed by atoms with van der Waals surface area (Å²) in [5.41, 5.74) is 0.329. The van der Waals surface area contributed by atoms with E-state index < -0.39 is 34.3 Å². The lowest BCUT2D eigenvalue weighted by Crippen LogP contribution is -2.23. The predicted octanol–water partition coefficient (Wildman–Crippen LogP) is 4.83. The molecule has 0 radical (unpaired) electrons. The summed E-state index contributed by atoms with van der Waals surface area (Å²) in [7, 11) is 1.57. The maximum atomic E-state index is 13.7. The number of carbonyl (C=O) groups excluding carboxylic acids is 1. The topological polar surface area (TPSA) is 76.1 Å². The van der Waals surface area contributed by atoms with Gasteiger partial charge in [-0.2, -0.15) is 0 Å². The van der Waals surface area contributed by atoms with Crippen LogP contribution in [0.5, 0.6) is 5.75 Å². The Kier molecular flexibility index (Phi) is 6.60. The van der Waals surface area contributed by atoms with Gasteiger partial charge < -0.3 is 15.4 Å². The highest BCUT2D eigenvalue weighted by molar-refractivity contribution is 8.02. The highest BCUT2D eigenvalue weighted by Crippen LogP contribution is 2.31. The second-order valence-corrected chi connectivity index (χ2v) is 8.27. The molecule has 3 aromatic rings. The summed E-state index contributed by atoms with van der Waals surface area (Å²) >= 11 is 2.33. The van der Waals surface area contributed by atoms with Gasteiger partial charge in [0.15, 0.2) is 21.8 Å². The van der Waals surface area contributed by atoms with Gasteiger partial charge in [-0.05, 0) is 31.2 Å². The molecule has 0 aliphatic carbocycles. The SMILES string of the molecule is COc1cccc(Nc2nnc(SC(C)C(=O)Nc3ccc(F)c(F)c3F)s2)c1. The summed E-state index contributed by atoms with van der Waals surface area (Å²) in [6, 6.07) is 8.96. The van der Waals surface area contributed by atoms with E-state index in [1.54, 1.807) is 20.1 Å². The van der Waals surface area contributed by atoms with Crippen LogP contribution in [0.2, 0.25) is 0 Å². The lowest BCUT2D eigenvalue weighted by Gasteiger charge is -2.11. The number of thioether (sulfide) groups is 1. The number of nitrogens with zero attached hydrogens (tertiary/aromatic N) is 2. The fourth-order valence-electron chi connectivity index (χ4n) is 2.19. The molecule has 1 aromatic heterocycles. The van der Waals surface area contributed by atoms with Gasteiger partial charge in [0.1, 0.15) is 5.75 Å². The predicted molar refractivity (Wildman–Crippen MR) is 106 cm³/mol. The average molecular weight is 440 g/mol. The maximum absolute atomic E-state index is 13.7. The van der Waals surface area contributed by atoms with Crippen LogP contribution in [0.25, 0.3) is 0 Å². The van der Waals surface area contributed by atoms with Crippen LogP contribution in [0, 0.1) is 17.5 Å². The van der Waals surface area contributed by atoms with Gasteiger partial charge >= 0.3 is 0 Å². The lowest BCUT2D eigenvalue weighted by molar-refractivity contribution is -0.115. The Balaban J connectivity index is 1.61. The quantitative estimate of drug-likeness (QED) is 0.405. The lowest BCUT2D eigenvalue weighted by atomic mass is 10.2. The molecule has 0 saturated heterocycles. The van der Waals surface area contributed by atoms with Crippen LogP contribution < -0.4 is 15.4 Å². The number of benzene rings is 2. The van der Waals surface area contributed by atoms with Crippen molar-refractivity contribution < 1.29 is 22.7 Å². The van der Waals surface area contributed by atoms with Gasteiger partial charge in [-0.1, -0.05) is 29.2 Å². The van der Waals surface area contributed by atoms with E-state index in [1.165, 1.54) is 11.3 Å². The van der Waals surface area contributed by atoms with Crippen molar-refractivity contribution in [1.82, 2.24) is 10.2 Å². The summed E-state index contributed by atoms with van der Waals surface area (Å²) < 4.78 is 45.6. The summed E-state index contributed by atoms with van der Waals surface area (Å²) in [4.78, 5) is 12.2. The van der Waals surface area contributed by atoms with Crippen molar-refractivity contribution in [2.75, 3.05) is 17.7 Å². The molecule has 2 N–H and O–H groups in total. The number of nitrogens with one attached hydrogen (secondary N) is 2. The first-order valence-electron chi connectivity index (χ1n) is 8.23. The minimum Gasteiger partial charge on any atom is -0.497 e. The summed E-state index contributed by atoms with van der Waals surface area (Å²) in [6.45, 7) is 1.58. The van der Waals surface area contributed by atoms with E-state index in [0.717, 1.165) is 29.6 Å². The van der Waals surface area contributed by atoms with E-state index in [4.69, 9.17) is 4.74 Å². The average Bonchev–Trinajstić information content (AvgIpc) is 3.15. The normalized spacial score (nSPS) is 11.8. The zero-order valence-corrected chi connectivity index (χ0v) is 16.8. The number of amides is 1. The summed E-state index contributed by atoms with van der Waals surface area (Å²) in [6.07, 6.45) is 0. The summed E-state index contributed by atoms with van der Waals surface area (Å²) in [5.74, 6) is -4.31. The molecule has 1 heterocycles. The molecule has 0 fully saturated rings. The van der Waals surface area contributed by atoms with Gasteiger partial charge in [0.2, 0.25) is 11.0 Å². The first-order chi connectivity index (χ1) is 13.9. The number of anilines is 3. The Labute approximate surface area is 172 Å². The molecule has 11 heteroatoms. The molecule has 0 aliphatic heterocycles. The molecule has 0 aliphatic rings. The first-order valence-corrected chi connectivity index (χ1v) is 9.92. The van der Waals surface area contributed by atoms with E-state index in [0.29, 0.717) is 15.2 Å². The van der Waals surface area contributed by atoms with Crippen LogP contribution in [0.1, 0.15) is 6.92 Å². The Hall–Kier alpha value is -2.79. The van der Waals surface area contributed by atoms with Gasteiger partial charge in [0.25, 0.3) is 0 Å². The minimum absolute atomic E-state index is 0.431. The number of aromatic nitrogens is 2. The fraction of sp³-hybridized carbons (Fsp3) is 0.167. The second kappa shape index (κ2) is 9.14. The molecule has 6 nitrogen and oxygen atoms in total. The van der Waals surface area contributed by atoms with Crippen LogP contribution in [-0.2, 0) is 4.79 Å². The number of hydrogen-bond donors (Lipinski definition) is 2. The third-order valence-electron chi connectivity index (χ3n) is 3.67. The number of methoxy groups -OCH3 is 1. The van der Waals surface area contributed by atoms with Gasteiger partial charge in [0, 0.05) is 11.8 Å². The van der Waals surface area contributed by atoms with Crippen molar-refractivity contribution in [1.29, 1.82) is 0 Å². The molecular weight excluding hydrogens is 425 g/mol. The molecule has 1 atom stereocenters. The number of halogens is 3. The molecule has 2 aromatic carbocycles. The highest BCUT2D eigenvalue weighted by Gasteiger charge is 2.21. The van der Waals surface area contributed by atoms with Crippen molar-refractivity contribution in [3.8, 4) is 5.75 Å². The molecule has 0 bridgehead atoms. The molecule has 0 saturated carbocycles. The Bertz CT molecular complexity index is 1030. The molecule has 3 rings (SSSR count). The smallest absolute Gasteiger partial charge is 0.237 e. The van der Waals surface area contributed by atoms with Crippen molar-refractivity contribution in [3.05, 3.63) is 53.8 Å². The van der Waals surface area contributed by atoms with E-state index >= 15 is 0 Å². The molecule has 1 unspecified atom stereocenters. The Morgan fingerprint density at radius 1 is 1.17 bits per heavy atom. The van der Waals surface area contributed by atoms with Gasteiger partial charge in [-0.3, -0.25) is 4.79 Å². The van der Waals surface area contributed by atoms with Crippen LogP contribution in [0.4, 0.5) is 29.7 Å². The van der Waals surface area contributed by atoms with Crippen LogP contribution in [-0.4, -0.2) is 28.5 Å². The number of hydrogen-bond acceptors (Lipinski definition) is 7. The van der Waals surface area contributed by atoms with Crippen LogP contribution >= 0.6 is 23.1 Å². The number of ether oxygens (including phenoxy) is 1. The molecular formula is C18H15F3N4O2S2. The van der Waals surface area contributed by atoms with Crippen molar-refractivity contribution in [2.45, 2.75) is 16.5 Å². The first kappa shape index (κ1) is 20.9. The van der Waals surface area contributed by atoms with Gasteiger partial charge in [-0.15, -0.1) is 10.2 Å². The molecule has 29 heavy (non-hydrogen) atoms. The standard InChI is InChI=1S/C18H15F3N4O2S2/c1-9(16(26)23-13-7-6-12(19)14(20)15(13)21)28-18-25-24-17(29-18)22-10-4-3-5-11(8-10)27-2/h3-9H,1-2H3,(H,22,24)(H,23,26). The maximum Gasteiger partial charge on any atom is 0.237 e. The molecule has 0 spiro atoms. The van der Waals surface area contributed by atoms with E-state index in [-0.39, 0.29) is 0 Å². The third kappa shape index (κ3) is 5.18. The number of carbonyl (C=O) groups is 1. The largest absolute Gasteiger partial charge is 0.497 e. The third-order valence-corrected chi connectivity index (χ3v) is 5.69. The van der Waals surface area contributed by atoms with Crippen molar-refractivity contribution in [3.63, 3.8) is 0 Å². The zero-order chi connectivity index (χ0) is 21.0.